The van der Waals surface area contributed by atoms with Crippen LogP contribution in [0.4, 0.5) is 17.1 Å². The van der Waals surface area contributed by atoms with E-state index >= 15 is 0 Å². The average molecular weight is 466 g/mol. The van der Waals surface area contributed by atoms with Crippen molar-refractivity contribution in [1.82, 2.24) is 9.80 Å². The summed E-state index contributed by atoms with van der Waals surface area (Å²) in [7, 11) is 1.82. The van der Waals surface area contributed by atoms with Gasteiger partial charge in [-0.1, -0.05) is 41.4 Å². The van der Waals surface area contributed by atoms with Crippen LogP contribution in [0.1, 0.15) is 12.8 Å². The molecule has 0 aromatic heterocycles. The third-order valence-corrected chi connectivity index (χ3v) is 6.11. The minimum atomic E-state index is -0.642. The Balaban J connectivity index is 1.43. The van der Waals surface area contributed by atoms with Crippen molar-refractivity contribution in [3.8, 4) is 0 Å². The first-order valence-corrected chi connectivity index (χ1v) is 11.0. The highest BCUT2D eigenvalue weighted by Crippen LogP contribution is 2.32. The molecular weight excluding hydrogens is 437 g/mol. The standard InChI is InChI=1S/C22H29Cl2N5O2/c1-28(21(31)13-26-22-18(23)11-15(25)12-19(22)24)17-7-9-29(10-8-17)14-20(30)27-16-5-3-2-4-6-16/h2-6,11-12,17,20,26-27,30H,7-10,13-14,25H2,1H3. The number of amides is 1. The van der Waals surface area contributed by atoms with Crippen molar-refractivity contribution in [3.63, 3.8) is 0 Å². The highest BCUT2D eigenvalue weighted by atomic mass is 35.5. The van der Waals surface area contributed by atoms with Gasteiger partial charge in [-0.3, -0.25) is 9.69 Å². The number of β-amino-alcohol motifs (C(OH)–C–C–N with tert-alkyl or cyclic N) is 1. The summed E-state index contributed by atoms with van der Waals surface area (Å²) >= 11 is 12.3. The van der Waals surface area contributed by atoms with Crippen molar-refractivity contribution in [2.24, 2.45) is 0 Å². The molecule has 0 spiro atoms. The Morgan fingerprint density at radius 3 is 2.45 bits per heavy atom. The van der Waals surface area contributed by atoms with E-state index in [1.807, 2.05) is 37.4 Å². The van der Waals surface area contributed by atoms with Crippen LogP contribution in [0.5, 0.6) is 0 Å². The van der Waals surface area contributed by atoms with Gasteiger partial charge in [-0.25, -0.2) is 0 Å². The van der Waals surface area contributed by atoms with Gasteiger partial charge in [0.2, 0.25) is 5.91 Å². The quantitative estimate of drug-likeness (QED) is 0.352. The maximum Gasteiger partial charge on any atom is 0.241 e. The van der Waals surface area contributed by atoms with Crippen molar-refractivity contribution >= 4 is 46.2 Å². The minimum Gasteiger partial charge on any atom is -0.399 e. The fourth-order valence-electron chi connectivity index (χ4n) is 3.76. The van der Waals surface area contributed by atoms with Crippen LogP contribution in [0.2, 0.25) is 10.0 Å². The molecule has 1 aliphatic heterocycles. The Labute approximate surface area is 193 Å². The fraction of sp³-hybridized carbons (Fsp3) is 0.409. The molecule has 1 heterocycles. The Morgan fingerprint density at radius 1 is 1.23 bits per heavy atom. The van der Waals surface area contributed by atoms with Crippen molar-refractivity contribution in [2.75, 3.05) is 49.6 Å². The predicted octanol–water partition coefficient (Wildman–Crippen LogP) is 3.34. The lowest BCUT2D eigenvalue weighted by molar-refractivity contribution is -0.131. The van der Waals surface area contributed by atoms with Gasteiger partial charge in [0, 0.05) is 44.1 Å². The van der Waals surface area contributed by atoms with E-state index in [0.717, 1.165) is 31.6 Å². The Kier molecular flexibility index (Phi) is 8.26. The second-order valence-corrected chi connectivity index (χ2v) is 8.59. The molecule has 0 saturated carbocycles. The van der Waals surface area contributed by atoms with E-state index < -0.39 is 6.23 Å². The number of carbonyl (C=O) groups excluding carboxylic acids is 1. The molecule has 1 saturated heterocycles. The van der Waals surface area contributed by atoms with Crippen molar-refractivity contribution < 1.29 is 9.90 Å². The monoisotopic (exact) mass is 465 g/mol. The van der Waals surface area contributed by atoms with E-state index in [2.05, 4.69) is 15.5 Å². The maximum atomic E-state index is 12.7. The summed E-state index contributed by atoms with van der Waals surface area (Å²) in [5.74, 6) is -0.0341. The largest absolute Gasteiger partial charge is 0.399 e. The van der Waals surface area contributed by atoms with Gasteiger partial charge in [0.1, 0.15) is 6.23 Å². The number of anilines is 3. The number of hydrogen-bond acceptors (Lipinski definition) is 6. The summed E-state index contributed by atoms with van der Waals surface area (Å²) in [6, 6.07) is 13.0. The molecule has 0 aliphatic carbocycles. The van der Waals surface area contributed by atoms with Gasteiger partial charge in [0.15, 0.2) is 0 Å². The number of halogens is 2. The molecule has 2 aromatic carbocycles. The molecule has 0 bridgehead atoms. The number of benzene rings is 2. The number of piperidine rings is 1. The lowest BCUT2D eigenvalue weighted by atomic mass is 10.0. The van der Waals surface area contributed by atoms with Crippen LogP contribution in [0.15, 0.2) is 42.5 Å². The topological polar surface area (TPSA) is 93.9 Å². The fourth-order valence-corrected chi connectivity index (χ4v) is 4.40. The molecule has 1 fully saturated rings. The van der Waals surface area contributed by atoms with E-state index in [9.17, 15) is 9.90 Å². The predicted molar refractivity (Wildman–Crippen MR) is 128 cm³/mol. The second kappa shape index (κ2) is 10.9. The number of nitrogen functional groups attached to an aromatic ring is 1. The van der Waals surface area contributed by atoms with Crippen molar-refractivity contribution in [3.05, 3.63) is 52.5 Å². The number of nitrogens with zero attached hydrogens (tertiary/aromatic N) is 2. The maximum absolute atomic E-state index is 12.7. The van der Waals surface area contributed by atoms with Gasteiger partial charge in [0.25, 0.3) is 0 Å². The molecule has 3 rings (SSSR count). The first kappa shape index (κ1) is 23.5. The van der Waals surface area contributed by atoms with Gasteiger partial charge in [-0.2, -0.15) is 0 Å². The number of aliphatic hydroxyl groups excluding tert-OH is 1. The number of para-hydroxylation sites is 1. The Morgan fingerprint density at radius 2 is 1.84 bits per heavy atom. The lowest BCUT2D eigenvalue weighted by Crippen LogP contribution is -2.49. The van der Waals surface area contributed by atoms with Crippen LogP contribution in [-0.2, 0) is 4.79 Å². The van der Waals surface area contributed by atoms with E-state index in [1.165, 1.54) is 0 Å². The summed E-state index contributed by atoms with van der Waals surface area (Å²) in [5.41, 5.74) is 7.59. The van der Waals surface area contributed by atoms with Crippen LogP contribution in [0.3, 0.4) is 0 Å². The van der Waals surface area contributed by atoms with Gasteiger partial charge in [0.05, 0.1) is 22.3 Å². The Bertz CT molecular complexity index is 852. The van der Waals surface area contributed by atoms with E-state index in [1.54, 1.807) is 17.0 Å². The number of aliphatic hydroxyl groups is 1. The average Bonchev–Trinajstić information content (AvgIpc) is 2.73. The van der Waals surface area contributed by atoms with Gasteiger partial charge < -0.3 is 26.4 Å². The number of rotatable bonds is 8. The molecule has 7 nitrogen and oxygen atoms in total. The molecule has 1 amide bonds. The number of nitrogens with two attached hydrogens (primary N) is 1. The van der Waals surface area contributed by atoms with Crippen LogP contribution < -0.4 is 16.4 Å². The van der Waals surface area contributed by atoms with E-state index in [4.69, 9.17) is 28.9 Å². The second-order valence-electron chi connectivity index (χ2n) is 7.78. The highest BCUT2D eigenvalue weighted by Gasteiger charge is 2.26. The van der Waals surface area contributed by atoms with E-state index in [-0.39, 0.29) is 18.5 Å². The zero-order valence-corrected chi connectivity index (χ0v) is 19.0. The SMILES string of the molecule is CN(C(=O)CNc1c(Cl)cc(N)cc1Cl)C1CCN(CC(O)Nc2ccccc2)CC1. The number of carbonyl (C=O) groups is 1. The summed E-state index contributed by atoms with van der Waals surface area (Å²) in [6.45, 7) is 2.27. The van der Waals surface area contributed by atoms with Gasteiger partial charge in [-0.15, -0.1) is 0 Å². The molecule has 31 heavy (non-hydrogen) atoms. The molecule has 1 atom stereocenters. The zero-order chi connectivity index (χ0) is 22.4. The number of likely N-dealkylation sites (N-methyl/N-ethyl adjacent to an activating group) is 1. The van der Waals surface area contributed by atoms with Gasteiger partial charge >= 0.3 is 0 Å². The zero-order valence-electron chi connectivity index (χ0n) is 17.5. The summed E-state index contributed by atoms with van der Waals surface area (Å²) in [4.78, 5) is 16.6. The summed E-state index contributed by atoms with van der Waals surface area (Å²) < 4.78 is 0. The van der Waals surface area contributed by atoms with Crippen LogP contribution in [0.25, 0.3) is 0 Å². The third-order valence-electron chi connectivity index (χ3n) is 5.52. The summed E-state index contributed by atoms with van der Waals surface area (Å²) in [6.07, 6.45) is 1.06. The molecule has 9 heteroatoms. The molecule has 1 aliphatic rings. The molecular formula is C22H29Cl2N5O2. The van der Waals surface area contributed by atoms with Crippen LogP contribution in [-0.4, -0.2) is 66.3 Å². The lowest BCUT2D eigenvalue weighted by Gasteiger charge is -2.37. The number of nitrogens with one attached hydrogen (secondary N) is 2. The van der Waals surface area contributed by atoms with Crippen LogP contribution >= 0.6 is 23.2 Å². The first-order chi connectivity index (χ1) is 14.8. The normalized spacial score (nSPS) is 16.0. The molecule has 168 valence electrons. The Hall–Kier alpha value is -2.19. The van der Waals surface area contributed by atoms with Crippen molar-refractivity contribution in [1.29, 1.82) is 0 Å². The minimum absolute atomic E-state index is 0.0341. The smallest absolute Gasteiger partial charge is 0.241 e. The van der Waals surface area contributed by atoms with Crippen molar-refractivity contribution in [2.45, 2.75) is 25.1 Å². The molecule has 1 unspecified atom stereocenters. The van der Waals surface area contributed by atoms with Crippen LogP contribution in [0, 0.1) is 0 Å². The van der Waals surface area contributed by atoms with Gasteiger partial charge in [-0.05, 0) is 37.1 Å². The number of hydrogen-bond donors (Lipinski definition) is 4. The summed E-state index contributed by atoms with van der Waals surface area (Å²) in [5, 5.41) is 17.2. The first-order valence-electron chi connectivity index (χ1n) is 10.3. The molecule has 2 aromatic rings. The third kappa shape index (κ3) is 6.64. The highest BCUT2D eigenvalue weighted by molar-refractivity contribution is 6.39. The van der Waals surface area contributed by atoms with E-state index in [0.29, 0.717) is 28.0 Å². The number of likely N-dealkylation sites (tertiary alicyclic amines) is 1. The molecule has 0 radical (unpaired) electrons. The molecule has 5 N–H and O–H groups in total.